The number of amides is 1. The number of benzodiazepines with no additional fused rings is 1. The number of rotatable bonds is 0. The summed E-state index contributed by atoms with van der Waals surface area (Å²) in [6.07, 6.45) is 0. The van der Waals surface area contributed by atoms with Gasteiger partial charge in [0.2, 0.25) is 0 Å². The van der Waals surface area contributed by atoms with E-state index in [0.29, 0.717) is 0 Å². The molecule has 0 bridgehead atoms. The molecule has 0 saturated heterocycles. The van der Waals surface area contributed by atoms with Crippen LogP contribution in [0.5, 0.6) is 0 Å². The van der Waals surface area contributed by atoms with E-state index >= 15 is 0 Å². The molecule has 1 aromatic rings. The summed E-state index contributed by atoms with van der Waals surface area (Å²) >= 11 is 0. The molecule has 0 aliphatic carbocycles. The van der Waals surface area contributed by atoms with Crippen LogP contribution in [0, 0.1) is 0 Å². The molecular formula is C17H29N2O2RbW. The van der Waals surface area contributed by atoms with Crippen molar-refractivity contribution in [2.24, 2.45) is 4.99 Å². The number of fused-ring (bicyclic) bond motifs is 1. The van der Waals surface area contributed by atoms with Gasteiger partial charge >= 0.3 is 58.2 Å². The van der Waals surface area contributed by atoms with Crippen molar-refractivity contribution in [2.45, 2.75) is 55.0 Å². The maximum absolute atomic E-state index is 11.4. The Morgan fingerprint density at radius 1 is 1.09 bits per heavy atom. The van der Waals surface area contributed by atoms with Gasteiger partial charge < -0.3 is 14.9 Å². The zero-order chi connectivity index (χ0) is 16.1. The number of hydrogen-bond donors (Lipinski definition) is 0. The van der Waals surface area contributed by atoms with Crippen LogP contribution in [0.15, 0.2) is 29.3 Å². The molecule has 1 atom stereocenters. The summed E-state index contributed by atoms with van der Waals surface area (Å²) in [5.74, 6) is -0.172. The van der Waals surface area contributed by atoms with Gasteiger partial charge in [-0.3, -0.25) is 4.99 Å². The number of carbonyl (C=O) groups is 2. The van der Waals surface area contributed by atoms with E-state index in [4.69, 9.17) is 4.79 Å². The second kappa shape index (κ2) is 22.5. The summed E-state index contributed by atoms with van der Waals surface area (Å²) in [5.41, 5.74) is 2.55. The second-order valence-electron chi connectivity index (χ2n) is 3.36. The third-order valence-electron chi connectivity index (χ3n) is 2.27. The minimum Gasteiger partial charge on any atom is -0.624 e. The predicted molar refractivity (Wildman–Crippen MR) is 92.7 cm³/mol. The van der Waals surface area contributed by atoms with Gasteiger partial charge in [0.05, 0.1) is 11.9 Å². The van der Waals surface area contributed by atoms with Crippen molar-refractivity contribution in [1.29, 1.82) is 0 Å². The van der Waals surface area contributed by atoms with Crippen molar-refractivity contribution in [1.82, 2.24) is 0 Å². The van der Waals surface area contributed by atoms with Gasteiger partial charge in [0.15, 0.2) is 0 Å². The third kappa shape index (κ3) is 12.5. The summed E-state index contributed by atoms with van der Waals surface area (Å²) in [6.45, 7) is 13.7. The van der Waals surface area contributed by atoms with Gasteiger partial charge in [0.1, 0.15) is 6.79 Å². The molecule has 1 heterocycles. The maximum atomic E-state index is 11.4. The van der Waals surface area contributed by atoms with E-state index in [2.05, 4.69) is 10.3 Å². The van der Waals surface area contributed by atoms with E-state index in [1.54, 1.807) is 6.92 Å². The molecule has 1 aromatic carbocycles. The second-order valence-corrected chi connectivity index (χ2v) is 3.36. The van der Waals surface area contributed by atoms with Gasteiger partial charge in [-0.2, -0.15) is 0 Å². The van der Waals surface area contributed by atoms with Crippen molar-refractivity contribution in [3.8, 4) is 0 Å². The molecule has 6 heteroatoms. The Hall–Kier alpha value is 0.524. The van der Waals surface area contributed by atoms with Crippen molar-refractivity contribution in [3.05, 3.63) is 35.1 Å². The minimum atomic E-state index is -0.359. The van der Waals surface area contributed by atoms with E-state index in [1.807, 2.05) is 65.7 Å². The summed E-state index contributed by atoms with van der Waals surface area (Å²) in [7, 11) is 0. The summed E-state index contributed by atoms with van der Waals surface area (Å²) in [5, 5.41) is 4.02. The fraction of sp³-hybridized carbons (Fsp3) is 0.471. The van der Waals surface area contributed by atoms with Crippen LogP contribution in [0.2, 0.25) is 0 Å². The Kier molecular flexibility index (Phi) is 34.1. The molecule has 0 radical (unpaired) electrons. The summed E-state index contributed by atoms with van der Waals surface area (Å²) < 4.78 is 0. The van der Waals surface area contributed by atoms with Crippen molar-refractivity contribution in [2.75, 3.05) is 0 Å². The number of aliphatic imine (C=N–C) groups is 1. The van der Waals surface area contributed by atoms with E-state index in [1.165, 1.54) is 0 Å². The first-order chi connectivity index (χ1) is 9.68. The van der Waals surface area contributed by atoms with Crippen LogP contribution in [0.1, 0.15) is 54.5 Å². The molecule has 0 N–H and O–H groups in total. The molecule has 1 unspecified atom stereocenters. The largest absolute Gasteiger partial charge is 1.00 e. The summed E-state index contributed by atoms with van der Waals surface area (Å²) in [6, 6.07) is 7.21. The molecule has 1 aliphatic heterocycles. The van der Waals surface area contributed by atoms with Crippen molar-refractivity contribution >= 4 is 24.1 Å². The van der Waals surface area contributed by atoms with Crippen molar-refractivity contribution in [3.63, 3.8) is 0 Å². The van der Waals surface area contributed by atoms with E-state index < -0.39 is 0 Å². The molecule has 126 valence electrons. The fourth-order valence-corrected chi connectivity index (χ4v) is 1.50. The Balaban J connectivity index is -0.000000109. The quantitative estimate of drug-likeness (QED) is 0.486. The molecule has 23 heavy (non-hydrogen) atoms. The molecule has 0 aromatic heterocycles. The number of hydrogen-bond acceptors (Lipinski definition) is 3. The zero-order valence-corrected chi connectivity index (χ0v) is 22.6. The fourth-order valence-electron chi connectivity index (χ4n) is 1.50. The molecule has 2 rings (SSSR count). The van der Waals surface area contributed by atoms with Gasteiger partial charge in [-0.25, -0.2) is 0 Å². The number of para-hydroxylation sites is 1. The molecule has 1 aliphatic rings. The molecular weight excluding hydrogens is 534 g/mol. The predicted octanol–water partition coefficient (Wildman–Crippen LogP) is 1.93. The van der Waals surface area contributed by atoms with Gasteiger partial charge in [-0.15, -0.1) is 5.69 Å². The van der Waals surface area contributed by atoms with Crippen LogP contribution in [-0.4, -0.2) is 24.4 Å². The van der Waals surface area contributed by atoms with E-state index in [9.17, 15) is 4.79 Å². The standard InChI is InChI=1S/C11H12N2O.2C2H6.CH2O.CH4.Rb.W/c1-7-9-5-3-4-6-10(9)13-11(14)8(2)12-7;3*1-2;;;/h3-6,8H,1-2H3,(H,12,13,14);2*1-2H3;1H2;1H4;;/q;;;;;+1;/p-1. The monoisotopic (exact) mass is 562 g/mol. The van der Waals surface area contributed by atoms with Crippen LogP contribution in [0.4, 0.5) is 5.69 Å². The first-order valence-electron chi connectivity index (χ1n) is 6.87. The van der Waals surface area contributed by atoms with Gasteiger partial charge in [-0.05, 0) is 19.4 Å². The number of carbonyl (C=O) groups excluding carboxylic acids is 2. The smallest absolute Gasteiger partial charge is 0.624 e. The molecule has 0 spiro atoms. The Bertz CT molecular complexity index is 440. The van der Waals surface area contributed by atoms with Crippen LogP contribution in [0.3, 0.4) is 0 Å². The van der Waals surface area contributed by atoms with Gasteiger partial charge in [-0.1, -0.05) is 59.4 Å². The Morgan fingerprint density at radius 2 is 1.52 bits per heavy atom. The molecule has 0 saturated carbocycles. The summed E-state index contributed by atoms with van der Waals surface area (Å²) in [4.78, 5) is 23.7. The minimum absolute atomic E-state index is 0. The Morgan fingerprint density at radius 3 is 2.00 bits per heavy atom. The van der Waals surface area contributed by atoms with E-state index in [-0.39, 0.29) is 98.6 Å². The zero-order valence-electron chi connectivity index (χ0n) is 14.7. The van der Waals surface area contributed by atoms with E-state index in [0.717, 1.165) is 17.0 Å². The van der Waals surface area contributed by atoms with Crippen LogP contribution in [-0.2, 0) is 30.7 Å². The topological polar surface area (TPSA) is 60.6 Å². The average molecular weight is 563 g/mol. The third-order valence-corrected chi connectivity index (χ3v) is 2.27. The van der Waals surface area contributed by atoms with Crippen LogP contribution >= 0.6 is 0 Å². The number of benzene rings is 1. The molecule has 0 fully saturated rings. The average Bonchev–Trinajstić information content (AvgIpc) is 2.63. The first-order valence-corrected chi connectivity index (χ1v) is 6.87. The first kappa shape index (κ1) is 34.8. The van der Waals surface area contributed by atoms with Gasteiger partial charge in [0, 0.05) is 26.8 Å². The van der Waals surface area contributed by atoms with Gasteiger partial charge in [0.25, 0.3) is 0 Å². The molecule has 1 amide bonds. The Labute approximate surface area is 205 Å². The van der Waals surface area contributed by atoms with Crippen molar-refractivity contribution < 1.29 is 88.8 Å². The number of nitrogens with zero attached hydrogens (tertiary/aromatic N) is 2. The normalized spacial score (nSPS) is 13.2. The molecule has 4 nitrogen and oxygen atoms in total. The SMILES string of the molecule is C.C=O.CC.CC.CC1=NC(C)C(=O)[N-]c2ccccc21.[Rb+].[W]. The maximum Gasteiger partial charge on any atom is 1.00 e. The van der Waals surface area contributed by atoms with Crippen LogP contribution in [0.25, 0.3) is 5.32 Å². The van der Waals surface area contributed by atoms with Crippen LogP contribution < -0.4 is 58.2 Å².